The maximum atomic E-state index is 12.2. The van der Waals surface area contributed by atoms with Gasteiger partial charge in [-0.1, -0.05) is 29.3 Å². The number of H-pyrrole nitrogens is 1. The van der Waals surface area contributed by atoms with E-state index < -0.39 is 41.8 Å². The number of aromatic amines is 1. The highest BCUT2D eigenvalue weighted by Crippen LogP contribution is 2.26. The van der Waals surface area contributed by atoms with Crippen molar-refractivity contribution < 1.29 is 14.3 Å². The number of hydrogen-bond acceptors (Lipinski definition) is 5. The van der Waals surface area contributed by atoms with E-state index in [0.29, 0.717) is 15.6 Å². The lowest BCUT2D eigenvalue weighted by molar-refractivity contribution is -0.155. The van der Waals surface area contributed by atoms with Crippen LogP contribution in [0.4, 0.5) is 0 Å². The molecule has 2 rings (SSSR count). The van der Waals surface area contributed by atoms with Crippen LogP contribution in [0.15, 0.2) is 40.1 Å². The van der Waals surface area contributed by atoms with Gasteiger partial charge in [0.05, 0.1) is 6.04 Å². The van der Waals surface area contributed by atoms with Crippen LogP contribution in [0.2, 0.25) is 10.0 Å². The van der Waals surface area contributed by atoms with Crippen molar-refractivity contribution in [3.63, 3.8) is 0 Å². The molecule has 2 atom stereocenters. The van der Waals surface area contributed by atoms with Gasteiger partial charge in [-0.3, -0.25) is 23.9 Å². The van der Waals surface area contributed by atoms with Gasteiger partial charge in [0.2, 0.25) is 0 Å². The summed E-state index contributed by atoms with van der Waals surface area (Å²) in [5.74, 6) is -1.33. The molecule has 1 heterocycles. The SMILES string of the molecule is C[C@H](OC(=O)Cn1ccc(=O)[nH]c1=O)C(=O)N[C@@H](C)c1ccc(Cl)cc1Cl. The molecule has 0 aliphatic rings. The van der Waals surface area contributed by atoms with Gasteiger partial charge in [-0.2, -0.15) is 0 Å². The summed E-state index contributed by atoms with van der Waals surface area (Å²) in [7, 11) is 0. The van der Waals surface area contributed by atoms with Crippen LogP contribution >= 0.6 is 23.2 Å². The van der Waals surface area contributed by atoms with Gasteiger partial charge in [0.25, 0.3) is 11.5 Å². The lowest BCUT2D eigenvalue weighted by Crippen LogP contribution is -2.39. The number of benzene rings is 1. The minimum atomic E-state index is -1.09. The minimum absolute atomic E-state index is 0.400. The number of aromatic nitrogens is 2. The lowest BCUT2D eigenvalue weighted by atomic mass is 10.1. The van der Waals surface area contributed by atoms with E-state index in [4.69, 9.17) is 27.9 Å². The van der Waals surface area contributed by atoms with E-state index in [1.165, 1.54) is 6.92 Å². The molecule has 8 nitrogen and oxygen atoms in total. The van der Waals surface area contributed by atoms with Crippen LogP contribution in [-0.4, -0.2) is 27.5 Å². The largest absolute Gasteiger partial charge is 0.451 e. The van der Waals surface area contributed by atoms with Crippen molar-refractivity contribution in [1.29, 1.82) is 0 Å². The topological polar surface area (TPSA) is 110 Å². The summed E-state index contributed by atoms with van der Waals surface area (Å²) < 4.78 is 5.99. The second-order valence-corrected chi connectivity index (χ2v) is 6.61. The quantitative estimate of drug-likeness (QED) is 0.699. The number of nitrogens with one attached hydrogen (secondary N) is 2. The van der Waals surface area contributed by atoms with Crippen molar-refractivity contribution in [3.8, 4) is 0 Å². The highest BCUT2D eigenvalue weighted by Gasteiger charge is 2.21. The Bertz CT molecular complexity index is 970. The van der Waals surface area contributed by atoms with E-state index in [0.717, 1.165) is 16.8 Å². The maximum Gasteiger partial charge on any atom is 0.328 e. The van der Waals surface area contributed by atoms with E-state index >= 15 is 0 Å². The Morgan fingerprint density at radius 1 is 1.22 bits per heavy atom. The molecule has 0 bridgehead atoms. The number of esters is 1. The van der Waals surface area contributed by atoms with Crippen LogP contribution in [0.5, 0.6) is 0 Å². The number of halogens is 2. The van der Waals surface area contributed by atoms with Crippen molar-refractivity contribution >= 4 is 35.1 Å². The van der Waals surface area contributed by atoms with Gasteiger partial charge in [-0.25, -0.2) is 4.79 Å². The molecule has 0 spiro atoms. The van der Waals surface area contributed by atoms with Gasteiger partial charge in [0.15, 0.2) is 6.10 Å². The molecule has 0 radical (unpaired) electrons. The zero-order valence-corrected chi connectivity index (χ0v) is 16.0. The molecule has 1 aromatic heterocycles. The van der Waals surface area contributed by atoms with Crippen molar-refractivity contribution in [2.24, 2.45) is 0 Å². The fourth-order valence-electron chi connectivity index (χ4n) is 2.26. The number of rotatable bonds is 6. The second kappa shape index (κ2) is 8.88. The summed E-state index contributed by atoms with van der Waals surface area (Å²) in [5, 5.41) is 3.56. The number of carbonyl (C=O) groups is 2. The zero-order chi connectivity index (χ0) is 20.1. The monoisotopic (exact) mass is 413 g/mol. The lowest BCUT2D eigenvalue weighted by Gasteiger charge is -2.19. The predicted molar refractivity (Wildman–Crippen MR) is 99.9 cm³/mol. The van der Waals surface area contributed by atoms with E-state index in [-0.39, 0.29) is 0 Å². The molecule has 0 saturated carbocycles. The van der Waals surface area contributed by atoms with Crippen LogP contribution in [0.25, 0.3) is 0 Å². The number of ether oxygens (including phenoxy) is 1. The minimum Gasteiger partial charge on any atom is -0.451 e. The second-order valence-electron chi connectivity index (χ2n) is 5.77. The van der Waals surface area contributed by atoms with Crippen LogP contribution in [0.1, 0.15) is 25.5 Å². The molecule has 0 unspecified atom stereocenters. The Kier molecular flexibility index (Phi) is 6.81. The molecule has 0 fully saturated rings. The van der Waals surface area contributed by atoms with Crippen LogP contribution < -0.4 is 16.6 Å². The summed E-state index contributed by atoms with van der Waals surface area (Å²) in [6, 6.07) is 5.56. The maximum absolute atomic E-state index is 12.2. The third kappa shape index (κ3) is 5.70. The van der Waals surface area contributed by atoms with Crippen LogP contribution in [0, 0.1) is 0 Å². The highest BCUT2D eigenvalue weighted by atomic mass is 35.5. The fourth-order valence-corrected chi connectivity index (χ4v) is 2.83. The number of carbonyl (C=O) groups excluding carboxylic acids is 2. The average molecular weight is 414 g/mol. The Morgan fingerprint density at radius 2 is 1.93 bits per heavy atom. The smallest absolute Gasteiger partial charge is 0.328 e. The third-order valence-corrected chi connectivity index (χ3v) is 4.22. The Hall–Kier alpha value is -2.58. The molecule has 0 aliphatic heterocycles. The predicted octanol–water partition coefficient (Wildman–Crippen LogP) is 1.65. The summed E-state index contributed by atoms with van der Waals surface area (Å²) in [6.07, 6.45) is 0.0714. The number of nitrogens with zero attached hydrogens (tertiary/aromatic N) is 1. The number of amides is 1. The van der Waals surface area contributed by atoms with Crippen molar-refractivity contribution in [2.45, 2.75) is 32.5 Å². The summed E-state index contributed by atoms with van der Waals surface area (Å²) >= 11 is 12.0. The molecular formula is C17H17Cl2N3O5. The molecule has 27 heavy (non-hydrogen) atoms. The molecule has 0 saturated heterocycles. The van der Waals surface area contributed by atoms with E-state index in [1.54, 1.807) is 25.1 Å². The van der Waals surface area contributed by atoms with Gasteiger partial charge in [0.1, 0.15) is 6.54 Å². The van der Waals surface area contributed by atoms with Crippen molar-refractivity contribution in [1.82, 2.24) is 14.9 Å². The first-order valence-corrected chi connectivity index (χ1v) is 8.67. The summed E-state index contributed by atoms with van der Waals surface area (Å²) in [4.78, 5) is 48.7. The first-order chi connectivity index (χ1) is 12.7. The van der Waals surface area contributed by atoms with Gasteiger partial charge < -0.3 is 10.1 Å². The molecule has 0 aliphatic carbocycles. The zero-order valence-electron chi connectivity index (χ0n) is 14.5. The van der Waals surface area contributed by atoms with Crippen LogP contribution in [-0.2, 0) is 20.9 Å². The molecule has 1 amide bonds. The molecule has 2 N–H and O–H groups in total. The van der Waals surface area contributed by atoms with E-state index in [9.17, 15) is 19.2 Å². The summed E-state index contributed by atoms with van der Waals surface area (Å²) in [6.45, 7) is 2.69. The van der Waals surface area contributed by atoms with Gasteiger partial charge in [-0.15, -0.1) is 0 Å². The molecule has 1 aromatic carbocycles. The van der Waals surface area contributed by atoms with Gasteiger partial charge in [0, 0.05) is 22.3 Å². The normalized spacial score (nSPS) is 12.9. The molecule has 144 valence electrons. The Labute approximate surface area is 164 Å². The number of hydrogen-bond donors (Lipinski definition) is 2. The molecule has 2 aromatic rings. The third-order valence-electron chi connectivity index (χ3n) is 3.66. The first kappa shape index (κ1) is 20.7. The fraction of sp³-hybridized carbons (Fsp3) is 0.294. The van der Waals surface area contributed by atoms with Gasteiger partial charge >= 0.3 is 11.7 Å². The van der Waals surface area contributed by atoms with E-state index in [2.05, 4.69) is 5.32 Å². The molecular weight excluding hydrogens is 397 g/mol. The van der Waals surface area contributed by atoms with Gasteiger partial charge in [-0.05, 0) is 31.5 Å². The Morgan fingerprint density at radius 3 is 2.56 bits per heavy atom. The average Bonchev–Trinajstić information content (AvgIpc) is 2.57. The summed E-state index contributed by atoms with van der Waals surface area (Å²) in [5.41, 5.74) is -0.664. The van der Waals surface area contributed by atoms with E-state index in [1.807, 2.05) is 4.98 Å². The standard InChI is InChI=1S/C17H17Cl2N3O5/c1-9(12-4-3-11(18)7-13(12)19)20-16(25)10(2)27-15(24)8-22-6-5-14(23)21-17(22)26/h3-7,9-10H,8H2,1-2H3,(H,20,25)(H,21,23,26)/t9-,10-/m0/s1. The van der Waals surface area contributed by atoms with Crippen molar-refractivity contribution in [2.75, 3.05) is 0 Å². The first-order valence-electron chi connectivity index (χ1n) is 7.92. The highest BCUT2D eigenvalue weighted by molar-refractivity contribution is 6.35. The van der Waals surface area contributed by atoms with Crippen molar-refractivity contribution in [3.05, 3.63) is 66.9 Å². The molecule has 10 heteroatoms. The Balaban J connectivity index is 1.95. The van der Waals surface area contributed by atoms with Crippen LogP contribution in [0.3, 0.4) is 0 Å².